The molecule has 1 N–H and O–H groups in total. The van der Waals surface area contributed by atoms with Crippen LogP contribution in [0.5, 0.6) is 0 Å². The molecule has 3 atom stereocenters. The summed E-state index contributed by atoms with van der Waals surface area (Å²) in [6, 6.07) is 0.490. The highest BCUT2D eigenvalue weighted by Gasteiger charge is 2.29. The third-order valence-corrected chi connectivity index (χ3v) is 5.34. The monoisotopic (exact) mass is 283 g/mol. The van der Waals surface area contributed by atoms with Gasteiger partial charge in [0.05, 0.1) is 11.7 Å². The number of thioether (sulfide) groups is 1. The Morgan fingerprint density at radius 3 is 2.95 bits per heavy atom. The largest absolute Gasteiger partial charge is 0.339 e. The second-order valence-corrected chi connectivity index (χ2v) is 6.79. The first-order valence-electron chi connectivity index (χ1n) is 7.36. The van der Waals surface area contributed by atoms with Crippen molar-refractivity contribution in [3.05, 3.63) is 11.7 Å². The van der Waals surface area contributed by atoms with E-state index < -0.39 is 0 Å². The predicted molar refractivity (Wildman–Crippen MR) is 79.4 cm³/mol. The highest BCUT2D eigenvalue weighted by Crippen LogP contribution is 2.32. The summed E-state index contributed by atoms with van der Waals surface area (Å²) in [5.74, 6) is 2.93. The molecule has 1 aliphatic rings. The summed E-state index contributed by atoms with van der Waals surface area (Å²) in [5, 5.41) is 8.17. The van der Waals surface area contributed by atoms with Gasteiger partial charge in [-0.25, -0.2) is 0 Å². The number of likely N-dealkylation sites (N-methyl/N-ethyl adjacent to an activating group) is 1. The average Bonchev–Trinajstić information content (AvgIpc) is 2.93. The van der Waals surface area contributed by atoms with Gasteiger partial charge in [-0.1, -0.05) is 31.8 Å². The SMILES string of the molecule is CCC(C)SCc1noc(C2CCCCC2NC)n1. The maximum Gasteiger partial charge on any atom is 0.231 e. The van der Waals surface area contributed by atoms with E-state index in [1.165, 1.54) is 25.7 Å². The molecule has 1 aliphatic carbocycles. The molecule has 0 aromatic carbocycles. The first kappa shape index (κ1) is 14.9. The molecule has 19 heavy (non-hydrogen) atoms. The van der Waals surface area contributed by atoms with Gasteiger partial charge in [0.2, 0.25) is 5.89 Å². The lowest BCUT2D eigenvalue weighted by Crippen LogP contribution is -2.34. The third kappa shape index (κ3) is 3.96. The topological polar surface area (TPSA) is 51.0 Å². The molecule has 1 saturated carbocycles. The van der Waals surface area contributed by atoms with Crippen LogP contribution in [0.3, 0.4) is 0 Å². The Balaban J connectivity index is 1.95. The minimum Gasteiger partial charge on any atom is -0.339 e. The van der Waals surface area contributed by atoms with E-state index in [2.05, 4.69) is 29.3 Å². The number of nitrogens with zero attached hydrogens (tertiary/aromatic N) is 2. The van der Waals surface area contributed by atoms with Crippen LogP contribution in [-0.4, -0.2) is 28.5 Å². The molecule has 1 heterocycles. The van der Waals surface area contributed by atoms with E-state index in [1.54, 1.807) is 0 Å². The molecule has 0 aliphatic heterocycles. The van der Waals surface area contributed by atoms with Crippen molar-refractivity contribution < 1.29 is 4.52 Å². The normalized spacial score (nSPS) is 25.4. The Bertz CT molecular complexity index is 383. The van der Waals surface area contributed by atoms with Crippen LogP contribution in [-0.2, 0) is 5.75 Å². The zero-order valence-corrected chi connectivity index (χ0v) is 13.0. The quantitative estimate of drug-likeness (QED) is 0.867. The van der Waals surface area contributed by atoms with Gasteiger partial charge >= 0.3 is 0 Å². The van der Waals surface area contributed by atoms with Gasteiger partial charge < -0.3 is 9.84 Å². The van der Waals surface area contributed by atoms with Gasteiger partial charge in [-0.15, -0.1) is 0 Å². The minimum absolute atomic E-state index is 0.397. The molecule has 0 radical (unpaired) electrons. The second kappa shape index (κ2) is 7.29. The number of hydrogen-bond acceptors (Lipinski definition) is 5. The first-order valence-corrected chi connectivity index (χ1v) is 8.40. The van der Waals surface area contributed by atoms with E-state index in [-0.39, 0.29) is 0 Å². The fourth-order valence-electron chi connectivity index (χ4n) is 2.58. The number of aromatic nitrogens is 2. The Morgan fingerprint density at radius 1 is 1.42 bits per heavy atom. The summed E-state index contributed by atoms with van der Waals surface area (Å²) in [5.41, 5.74) is 0. The van der Waals surface area contributed by atoms with Crippen molar-refractivity contribution in [1.82, 2.24) is 15.5 Å². The fraction of sp³-hybridized carbons (Fsp3) is 0.857. The van der Waals surface area contributed by atoms with E-state index in [0.29, 0.717) is 17.2 Å². The number of hydrogen-bond donors (Lipinski definition) is 1. The standard InChI is InChI=1S/C14H25N3OS/c1-4-10(2)19-9-13-16-14(18-17-13)11-7-5-6-8-12(11)15-3/h10-12,15H,4-9H2,1-3H3. The smallest absolute Gasteiger partial charge is 0.231 e. The maximum absolute atomic E-state index is 5.49. The average molecular weight is 283 g/mol. The summed E-state index contributed by atoms with van der Waals surface area (Å²) in [6.45, 7) is 4.45. The minimum atomic E-state index is 0.397. The van der Waals surface area contributed by atoms with Gasteiger partial charge in [0, 0.05) is 11.3 Å². The molecule has 0 saturated heterocycles. The zero-order valence-electron chi connectivity index (χ0n) is 12.2. The van der Waals surface area contributed by atoms with E-state index >= 15 is 0 Å². The lowest BCUT2D eigenvalue weighted by molar-refractivity contribution is 0.270. The van der Waals surface area contributed by atoms with Crippen molar-refractivity contribution in [2.75, 3.05) is 7.05 Å². The second-order valence-electron chi connectivity index (χ2n) is 5.36. The fourth-order valence-corrected chi connectivity index (χ4v) is 3.37. The molecule has 0 spiro atoms. The van der Waals surface area contributed by atoms with Crippen molar-refractivity contribution >= 4 is 11.8 Å². The molecule has 3 unspecified atom stereocenters. The summed E-state index contributed by atoms with van der Waals surface area (Å²) in [7, 11) is 2.03. The summed E-state index contributed by atoms with van der Waals surface area (Å²) < 4.78 is 5.49. The van der Waals surface area contributed by atoms with Gasteiger partial charge in [-0.2, -0.15) is 16.7 Å². The van der Waals surface area contributed by atoms with Gasteiger partial charge in [-0.05, 0) is 26.3 Å². The lowest BCUT2D eigenvalue weighted by atomic mass is 9.84. The molecule has 2 rings (SSSR count). The molecular formula is C14H25N3OS. The van der Waals surface area contributed by atoms with Crippen LogP contribution >= 0.6 is 11.8 Å². The highest BCUT2D eigenvalue weighted by atomic mass is 32.2. The molecule has 1 aromatic rings. The highest BCUT2D eigenvalue weighted by molar-refractivity contribution is 7.99. The summed E-state index contributed by atoms with van der Waals surface area (Å²) in [6.07, 6.45) is 6.11. The maximum atomic E-state index is 5.49. The molecule has 0 bridgehead atoms. The number of rotatable bonds is 6. The van der Waals surface area contributed by atoms with E-state index in [0.717, 1.165) is 23.9 Å². The lowest BCUT2D eigenvalue weighted by Gasteiger charge is -2.28. The summed E-state index contributed by atoms with van der Waals surface area (Å²) in [4.78, 5) is 4.60. The molecule has 0 amide bonds. The van der Waals surface area contributed by atoms with E-state index in [1.807, 2.05) is 18.8 Å². The van der Waals surface area contributed by atoms with Gasteiger partial charge in [0.1, 0.15) is 0 Å². The molecule has 108 valence electrons. The van der Waals surface area contributed by atoms with Gasteiger partial charge in [-0.3, -0.25) is 0 Å². The van der Waals surface area contributed by atoms with Crippen molar-refractivity contribution in [1.29, 1.82) is 0 Å². The van der Waals surface area contributed by atoms with Crippen molar-refractivity contribution in [2.24, 2.45) is 0 Å². The first-order chi connectivity index (χ1) is 9.24. The van der Waals surface area contributed by atoms with Crippen LogP contribution in [0.25, 0.3) is 0 Å². The predicted octanol–water partition coefficient (Wildman–Crippen LogP) is 3.35. The summed E-state index contributed by atoms with van der Waals surface area (Å²) >= 11 is 1.90. The third-order valence-electron chi connectivity index (χ3n) is 4.01. The Kier molecular flexibility index (Phi) is 5.70. The van der Waals surface area contributed by atoms with Crippen LogP contribution in [0.15, 0.2) is 4.52 Å². The van der Waals surface area contributed by atoms with E-state index in [9.17, 15) is 0 Å². The van der Waals surface area contributed by atoms with Gasteiger partial charge in [0.15, 0.2) is 5.82 Å². The van der Waals surface area contributed by atoms with Crippen LogP contribution < -0.4 is 5.32 Å². The Hall–Kier alpha value is -0.550. The van der Waals surface area contributed by atoms with Crippen LogP contribution in [0, 0.1) is 0 Å². The van der Waals surface area contributed by atoms with Crippen LogP contribution in [0.4, 0.5) is 0 Å². The van der Waals surface area contributed by atoms with Crippen molar-refractivity contribution in [3.63, 3.8) is 0 Å². The molecule has 5 heteroatoms. The van der Waals surface area contributed by atoms with Crippen LogP contribution in [0.1, 0.15) is 63.6 Å². The Morgan fingerprint density at radius 2 is 2.21 bits per heavy atom. The molecule has 4 nitrogen and oxygen atoms in total. The molecule has 1 fully saturated rings. The van der Waals surface area contributed by atoms with Crippen molar-refractivity contribution in [2.45, 2.75) is 68.9 Å². The zero-order chi connectivity index (χ0) is 13.7. The van der Waals surface area contributed by atoms with Crippen LogP contribution in [0.2, 0.25) is 0 Å². The Labute approximate surface area is 120 Å². The van der Waals surface area contributed by atoms with Crippen molar-refractivity contribution in [3.8, 4) is 0 Å². The molecule has 1 aromatic heterocycles. The van der Waals surface area contributed by atoms with E-state index in [4.69, 9.17) is 4.52 Å². The number of nitrogens with one attached hydrogen (secondary N) is 1. The molecular weight excluding hydrogens is 258 g/mol. The van der Waals surface area contributed by atoms with Gasteiger partial charge in [0.25, 0.3) is 0 Å².